The van der Waals surface area contributed by atoms with Crippen LogP contribution in [-0.4, -0.2) is 42.8 Å². The van der Waals surface area contributed by atoms with Crippen LogP contribution in [0.25, 0.3) is 0 Å². The van der Waals surface area contributed by atoms with Crippen molar-refractivity contribution in [2.24, 2.45) is 0 Å². The van der Waals surface area contributed by atoms with E-state index in [2.05, 4.69) is 62.2 Å². The third-order valence-electron chi connectivity index (χ3n) is 3.91. The number of morpholine rings is 1. The Morgan fingerprint density at radius 1 is 1.24 bits per heavy atom. The van der Waals surface area contributed by atoms with E-state index >= 15 is 0 Å². The summed E-state index contributed by atoms with van der Waals surface area (Å²) in [4.78, 5) is 2.50. The number of benzene rings is 1. The van der Waals surface area contributed by atoms with Crippen LogP contribution in [0.3, 0.4) is 0 Å². The van der Waals surface area contributed by atoms with Crippen LogP contribution < -0.4 is 5.32 Å². The van der Waals surface area contributed by atoms with Crippen LogP contribution in [0.5, 0.6) is 0 Å². The maximum absolute atomic E-state index is 5.97. The predicted octanol–water partition coefficient (Wildman–Crippen LogP) is 2.84. The van der Waals surface area contributed by atoms with Crippen molar-refractivity contribution in [2.75, 3.05) is 26.2 Å². The smallest absolute Gasteiger partial charge is 0.0757 e. The van der Waals surface area contributed by atoms with E-state index in [-0.39, 0.29) is 5.60 Å². The Hall–Kier alpha value is -0.900. The zero-order chi connectivity index (χ0) is 15.3. The van der Waals surface area contributed by atoms with Crippen molar-refractivity contribution in [3.8, 4) is 0 Å². The van der Waals surface area contributed by atoms with Crippen LogP contribution in [0.2, 0.25) is 0 Å². The molecule has 1 aliphatic heterocycles. The second kappa shape index (κ2) is 7.39. The molecule has 1 fully saturated rings. The highest BCUT2D eigenvalue weighted by atomic mass is 16.5. The minimum atomic E-state index is -0.0383. The Kier molecular flexibility index (Phi) is 5.80. The van der Waals surface area contributed by atoms with Crippen molar-refractivity contribution >= 4 is 0 Å². The van der Waals surface area contributed by atoms with Crippen molar-refractivity contribution < 1.29 is 4.74 Å². The lowest BCUT2D eigenvalue weighted by molar-refractivity contribution is -0.130. The summed E-state index contributed by atoms with van der Waals surface area (Å²) in [5.74, 6) is 0. The maximum atomic E-state index is 5.97. The summed E-state index contributed by atoms with van der Waals surface area (Å²) in [7, 11) is 0. The van der Waals surface area contributed by atoms with E-state index in [1.807, 2.05) is 0 Å². The fraction of sp³-hybridized carbons (Fsp3) is 0.667. The quantitative estimate of drug-likeness (QED) is 0.815. The van der Waals surface area contributed by atoms with Crippen LogP contribution in [0.15, 0.2) is 24.3 Å². The van der Waals surface area contributed by atoms with Gasteiger partial charge in [0.15, 0.2) is 0 Å². The van der Waals surface area contributed by atoms with Gasteiger partial charge in [-0.2, -0.15) is 0 Å². The molecule has 0 radical (unpaired) electrons. The molecular weight excluding hydrogens is 260 g/mol. The molecule has 118 valence electrons. The largest absolute Gasteiger partial charge is 0.370 e. The molecule has 1 N–H and O–H groups in total. The molecule has 0 amide bonds. The van der Waals surface area contributed by atoms with E-state index < -0.39 is 0 Å². The first-order chi connectivity index (χ1) is 9.98. The Balaban J connectivity index is 1.88. The Bertz CT molecular complexity index is 427. The van der Waals surface area contributed by atoms with Gasteiger partial charge in [0.25, 0.3) is 0 Å². The van der Waals surface area contributed by atoms with Gasteiger partial charge in [-0.25, -0.2) is 0 Å². The number of nitrogens with one attached hydrogen (secondary N) is 1. The predicted molar refractivity (Wildman–Crippen MR) is 88.6 cm³/mol. The highest BCUT2D eigenvalue weighted by Gasteiger charge is 2.30. The topological polar surface area (TPSA) is 24.5 Å². The molecule has 1 heterocycles. The number of ether oxygens (including phenoxy) is 1. The first-order valence-electron chi connectivity index (χ1n) is 8.17. The van der Waals surface area contributed by atoms with Crippen molar-refractivity contribution in [3.05, 3.63) is 35.4 Å². The number of likely N-dealkylation sites (N-methyl/N-ethyl adjacent to an activating group) is 1. The lowest BCUT2D eigenvalue weighted by Crippen LogP contribution is -2.51. The second-order valence-corrected chi connectivity index (χ2v) is 6.78. The van der Waals surface area contributed by atoms with E-state index in [1.165, 1.54) is 11.1 Å². The van der Waals surface area contributed by atoms with Crippen LogP contribution in [0.1, 0.15) is 38.8 Å². The summed E-state index contributed by atoms with van der Waals surface area (Å²) in [6.07, 6.45) is 1.42. The molecule has 1 aliphatic rings. The molecule has 0 bridgehead atoms. The molecule has 1 atom stereocenters. The highest BCUT2D eigenvalue weighted by Crippen LogP contribution is 2.22. The summed E-state index contributed by atoms with van der Waals surface area (Å²) in [6, 6.07) is 9.08. The van der Waals surface area contributed by atoms with Gasteiger partial charge in [0.05, 0.1) is 11.7 Å². The second-order valence-electron chi connectivity index (χ2n) is 6.78. The molecule has 2 rings (SSSR count). The Labute approximate surface area is 129 Å². The van der Waals surface area contributed by atoms with E-state index in [4.69, 9.17) is 4.74 Å². The van der Waals surface area contributed by atoms with E-state index in [0.717, 1.165) is 39.1 Å². The van der Waals surface area contributed by atoms with E-state index in [1.54, 1.807) is 0 Å². The summed E-state index contributed by atoms with van der Waals surface area (Å²) in [5, 5.41) is 3.37. The molecule has 1 unspecified atom stereocenters. The van der Waals surface area contributed by atoms with Gasteiger partial charge < -0.3 is 10.1 Å². The first kappa shape index (κ1) is 16.5. The molecule has 0 aliphatic carbocycles. The molecule has 1 aromatic carbocycles. The number of hydrogen-bond acceptors (Lipinski definition) is 3. The summed E-state index contributed by atoms with van der Waals surface area (Å²) < 4.78 is 5.97. The highest BCUT2D eigenvalue weighted by molar-refractivity contribution is 5.23. The molecule has 0 aromatic heterocycles. The van der Waals surface area contributed by atoms with Crippen LogP contribution in [0, 0.1) is 0 Å². The average molecular weight is 290 g/mol. The molecule has 0 spiro atoms. The van der Waals surface area contributed by atoms with Gasteiger partial charge in [0.1, 0.15) is 0 Å². The zero-order valence-corrected chi connectivity index (χ0v) is 14.0. The molecule has 3 heteroatoms. The number of rotatable bonds is 6. The molecule has 21 heavy (non-hydrogen) atoms. The van der Waals surface area contributed by atoms with Crippen molar-refractivity contribution in [3.63, 3.8) is 0 Å². The van der Waals surface area contributed by atoms with Gasteiger partial charge in [-0.1, -0.05) is 31.2 Å². The van der Waals surface area contributed by atoms with Crippen molar-refractivity contribution in [1.82, 2.24) is 10.2 Å². The van der Waals surface area contributed by atoms with Crippen LogP contribution in [0.4, 0.5) is 0 Å². The van der Waals surface area contributed by atoms with Gasteiger partial charge in [-0.3, -0.25) is 4.90 Å². The third kappa shape index (κ3) is 5.42. The molecule has 1 aromatic rings. The van der Waals surface area contributed by atoms with Crippen LogP contribution in [-0.2, 0) is 17.7 Å². The number of nitrogens with zero attached hydrogens (tertiary/aromatic N) is 1. The van der Waals surface area contributed by atoms with E-state index in [0.29, 0.717) is 6.10 Å². The maximum Gasteiger partial charge on any atom is 0.0757 e. The fourth-order valence-corrected chi connectivity index (χ4v) is 3.19. The normalized spacial score (nSPS) is 22.4. The lowest BCUT2D eigenvalue weighted by atomic mass is 10.0. The minimum absolute atomic E-state index is 0.0383. The SMILES string of the molecule is CCNCCc1ccc(CN2CC(C)OC(C)(C)C2)cc1. The van der Waals surface area contributed by atoms with Gasteiger partial charge >= 0.3 is 0 Å². The standard InChI is InChI=1S/C18H30N2O/c1-5-19-11-10-16-6-8-17(9-7-16)13-20-12-15(2)21-18(3,4)14-20/h6-9,15,19H,5,10-14H2,1-4H3. The van der Waals surface area contributed by atoms with Gasteiger partial charge in [-0.05, 0) is 51.4 Å². The Morgan fingerprint density at radius 2 is 1.90 bits per heavy atom. The van der Waals surface area contributed by atoms with Crippen LogP contribution >= 0.6 is 0 Å². The monoisotopic (exact) mass is 290 g/mol. The molecule has 0 saturated carbocycles. The number of hydrogen-bond donors (Lipinski definition) is 1. The molecular formula is C18H30N2O. The van der Waals surface area contributed by atoms with E-state index in [9.17, 15) is 0 Å². The Morgan fingerprint density at radius 3 is 2.52 bits per heavy atom. The third-order valence-corrected chi connectivity index (χ3v) is 3.91. The van der Waals surface area contributed by atoms with Crippen molar-refractivity contribution in [1.29, 1.82) is 0 Å². The average Bonchev–Trinajstić information content (AvgIpc) is 2.38. The van der Waals surface area contributed by atoms with Gasteiger partial charge in [0.2, 0.25) is 0 Å². The zero-order valence-electron chi connectivity index (χ0n) is 14.0. The minimum Gasteiger partial charge on any atom is -0.370 e. The summed E-state index contributed by atoms with van der Waals surface area (Å²) >= 11 is 0. The summed E-state index contributed by atoms with van der Waals surface area (Å²) in [6.45, 7) is 13.8. The van der Waals surface area contributed by atoms with Gasteiger partial charge in [0, 0.05) is 19.6 Å². The molecule has 3 nitrogen and oxygen atoms in total. The lowest BCUT2D eigenvalue weighted by Gasteiger charge is -2.41. The molecule has 1 saturated heterocycles. The fourth-order valence-electron chi connectivity index (χ4n) is 3.19. The first-order valence-corrected chi connectivity index (χ1v) is 8.17. The summed E-state index contributed by atoms with van der Waals surface area (Å²) in [5.41, 5.74) is 2.77. The van der Waals surface area contributed by atoms with Crippen molar-refractivity contribution in [2.45, 2.75) is 52.4 Å². The van der Waals surface area contributed by atoms with Gasteiger partial charge in [-0.15, -0.1) is 0 Å².